The van der Waals surface area contributed by atoms with Gasteiger partial charge in [0.15, 0.2) is 0 Å². The molecule has 0 radical (unpaired) electrons. The second kappa shape index (κ2) is 5.90. The summed E-state index contributed by atoms with van der Waals surface area (Å²) in [6.45, 7) is 8.47. The second-order valence-corrected chi connectivity index (χ2v) is 5.51. The minimum absolute atomic E-state index is 0.912. The van der Waals surface area contributed by atoms with Crippen LogP contribution in [0.2, 0.25) is 0 Å². The molecule has 104 valence electrons. The Morgan fingerprint density at radius 2 is 1.05 bits per heavy atom. The van der Waals surface area contributed by atoms with Crippen molar-refractivity contribution in [1.82, 2.24) is 0 Å². The third kappa shape index (κ3) is 2.72. The van der Waals surface area contributed by atoms with Crippen molar-refractivity contribution >= 4 is 0 Å². The summed E-state index contributed by atoms with van der Waals surface area (Å²) < 4.78 is 0. The van der Waals surface area contributed by atoms with Gasteiger partial charge in [-0.1, -0.05) is 24.0 Å². The lowest BCUT2D eigenvalue weighted by Crippen LogP contribution is -2.00. The third-order valence-electron chi connectivity index (χ3n) is 4.49. The molecule has 0 atom stereocenters. The van der Waals surface area contributed by atoms with Gasteiger partial charge in [0.05, 0.1) is 0 Å². The highest BCUT2D eigenvalue weighted by atomic mass is 14.1. The molecule has 0 spiro atoms. The van der Waals surface area contributed by atoms with Crippen molar-refractivity contribution in [1.29, 1.82) is 0 Å². The van der Waals surface area contributed by atoms with Crippen LogP contribution in [0.5, 0.6) is 0 Å². The minimum atomic E-state index is 0.912. The fourth-order valence-electron chi connectivity index (χ4n) is 2.65. The largest absolute Gasteiger partial charge is 0.115 e. The molecule has 2 aromatic carbocycles. The normalized spacial score (nSPS) is 10.0. The van der Waals surface area contributed by atoms with Crippen molar-refractivity contribution in [2.45, 2.75) is 34.1 Å². The molecule has 0 aliphatic heterocycles. The Kier molecular flexibility index (Phi) is 4.21. The van der Waals surface area contributed by atoms with Gasteiger partial charge in [-0.05, 0) is 79.6 Å². The molecule has 0 heteroatoms. The molecule has 0 aliphatic carbocycles. The van der Waals surface area contributed by atoms with Crippen LogP contribution in [-0.2, 0) is 6.42 Å². The van der Waals surface area contributed by atoms with Crippen molar-refractivity contribution < 1.29 is 0 Å². The molecule has 0 aliphatic rings. The Hall–Kier alpha value is -2.44. The average Bonchev–Trinajstić information content (AvgIpc) is 2.49. The first-order chi connectivity index (χ1) is 9.99. The van der Waals surface area contributed by atoms with E-state index in [1.165, 1.54) is 33.4 Å². The fraction of sp³-hybridized carbons (Fsp3) is 0.238. The third-order valence-corrected chi connectivity index (χ3v) is 4.49. The molecule has 0 heterocycles. The molecule has 0 N–H and O–H groups in total. The average molecular weight is 272 g/mol. The first kappa shape index (κ1) is 15.0. The summed E-state index contributed by atoms with van der Waals surface area (Å²) in [6, 6.07) is 8.36. The quantitative estimate of drug-likeness (QED) is 0.707. The monoisotopic (exact) mass is 272 g/mol. The summed E-state index contributed by atoms with van der Waals surface area (Å²) in [7, 11) is 0. The molecule has 2 aromatic rings. The van der Waals surface area contributed by atoms with Gasteiger partial charge >= 0.3 is 0 Å². The van der Waals surface area contributed by atoms with E-state index in [0.717, 1.165) is 17.5 Å². The summed E-state index contributed by atoms with van der Waals surface area (Å²) in [5, 5.41) is 0. The van der Waals surface area contributed by atoms with Gasteiger partial charge in [0.2, 0.25) is 0 Å². The first-order valence-corrected chi connectivity index (χ1v) is 7.11. The molecule has 0 bridgehead atoms. The smallest absolute Gasteiger partial charge is 0.0274 e. The lowest BCUT2D eigenvalue weighted by molar-refractivity contribution is 1.10. The standard InChI is InChI=1S/C21H20/c1-7-18-9-11-20(16(5)14(18)3)13-21-12-10-19(8-2)15(4)17(21)6/h1-2,9-12H,13H2,3-6H3. The predicted octanol–water partition coefficient (Wildman–Crippen LogP) is 4.47. The maximum atomic E-state index is 5.53. The molecule has 21 heavy (non-hydrogen) atoms. The minimum Gasteiger partial charge on any atom is -0.115 e. The van der Waals surface area contributed by atoms with Crippen LogP contribution in [0.15, 0.2) is 24.3 Å². The number of hydrogen-bond donors (Lipinski definition) is 0. The molecular weight excluding hydrogens is 252 g/mol. The van der Waals surface area contributed by atoms with Crippen molar-refractivity contribution in [2.75, 3.05) is 0 Å². The van der Waals surface area contributed by atoms with E-state index in [1.807, 2.05) is 12.1 Å². The van der Waals surface area contributed by atoms with Crippen LogP contribution in [0.3, 0.4) is 0 Å². The number of rotatable bonds is 2. The van der Waals surface area contributed by atoms with Crippen molar-refractivity contribution in [2.24, 2.45) is 0 Å². The highest BCUT2D eigenvalue weighted by Crippen LogP contribution is 2.24. The summed E-state index contributed by atoms with van der Waals surface area (Å²) in [5.41, 5.74) is 9.56. The molecule has 0 nitrogen and oxygen atoms in total. The molecule has 2 rings (SSSR count). The molecule has 0 saturated heterocycles. The van der Waals surface area contributed by atoms with Crippen LogP contribution >= 0.6 is 0 Å². The van der Waals surface area contributed by atoms with Gasteiger partial charge in [0.1, 0.15) is 0 Å². The van der Waals surface area contributed by atoms with Crippen LogP contribution in [0.4, 0.5) is 0 Å². The predicted molar refractivity (Wildman–Crippen MR) is 90.5 cm³/mol. The maximum absolute atomic E-state index is 5.53. The zero-order chi connectivity index (χ0) is 15.6. The Labute approximate surface area is 128 Å². The SMILES string of the molecule is C#Cc1ccc(Cc2ccc(C#C)c(C)c2C)c(C)c1C. The molecule has 0 unspecified atom stereocenters. The Morgan fingerprint density at radius 3 is 1.38 bits per heavy atom. The van der Waals surface area contributed by atoms with E-state index in [2.05, 4.69) is 51.7 Å². The van der Waals surface area contributed by atoms with Gasteiger partial charge in [0.25, 0.3) is 0 Å². The van der Waals surface area contributed by atoms with Crippen LogP contribution in [0.1, 0.15) is 44.5 Å². The van der Waals surface area contributed by atoms with E-state index >= 15 is 0 Å². The Morgan fingerprint density at radius 1 is 0.667 bits per heavy atom. The number of hydrogen-bond acceptors (Lipinski definition) is 0. The Balaban J connectivity index is 2.45. The lowest BCUT2D eigenvalue weighted by atomic mass is 9.90. The summed E-state index contributed by atoms with van der Waals surface area (Å²) in [4.78, 5) is 0. The van der Waals surface area contributed by atoms with E-state index in [4.69, 9.17) is 12.8 Å². The van der Waals surface area contributed by atoms with Crippen molar-refractivity contribution in [3.63, 3.8) is 0 Å². The van der Waals surface area contributed by atoms with Crippen molar-refractivity contribution in [3.05, 3.63) is 68.8 Å². The van der Waals surface area contributed by atoms with Crippen LogP contribution in [-0.4, -0.2) is 0 Å². The summed E-state index contributed by atoms with van der Waals surface area (Å²) in [6.07, 6.45) is 12.0. The highest BCUT2D eigenvalue weighted by Gasteiger charge is 2.09. The van der Waals surface area contributed by atoms with Gasteiger partial charge in [0, 0.05) is 11.1 Å². The zero-order valence-corrected chi connectivity index (χ0v) is 13.2. The van der Waals surface area contributed by atoms with Gasteiger partial charge in [-0.15, -0.1) is 12.8 Å². The summed E-state index contributed by atoms with van der Waals surface area (Å²) in [5.74, 6) is 5.48. The maximum Gasteiger partial charge on any atom is 0.0274 e. The molecule has 0 fully saturated rings. The first-order valence-electron chi connectivity index (χ1n) is 7.11. The van der Waals surface area contributed by atoms with E-state index in [-0.39, 0.29) is 0 Å². The van der Waals surface area contributed by atoms with Gasteiger partial charge in [-0.25, -0.2) is 0 Å². The van der Waals surface area contributed by atoms with E-state index < -0.39 is 0 Å². The van der Waals surface area contributed by atoms with Gasteiger partial charge in [-0.3, -0.25) is 0 Å². The van der Waals surface area contributed by atoms with E-state index in [0.29, 0.717) is 0 Å². The fourth-order valence-corrected chi connectivity index (χ4v) is 2.65. The molecule has 0 aromatic heterocycles. The summed E-state index contributed by atoms with van der Waals surface area (Å²) >= 11 is 0. The Bertz CT molecular complexity index is 710. The van der Waals surface area contributed by atoms with Crippen molar-refractivity contribution in [3.8, 4) is 24.7 Å². The molecule has 0 saturated carbocycles. The van der Waals surface area contributed by atoms with Crippen LogP contribution in [0, 0.1) is 52.4 Å². The topological polar surface area (TPSA) is 0 Å². The van der Waals surface area contributed by atoms with E-state index in [1.54, 1.807) is 0 Å². The zero-order valence-electron chi connectivity index (χ0n) is 13.2. The van der Waals surface area contributed by atoms with E-state index in [9.17, 15) is 0 Å². The van der Waals surface area contributed by atoms with Crippen LogP contribution < -0.4 is 0 Å². The molecular formula is C21H20. The highest BCUT2D eigenvalue weighted by molar-refractivity contribution is 5.51. The van der Waals surface area contributed by atoms with Gasteiger partial charge in [-0.2, -0.15) is 0 Å². The van der Waals surface area contributed by atoms with Gasteiger partial charge < -0.3 is 0 Å². The lowest BCUT2D eigenvalue weighted by Gasteiger charge is -2.14. The number of benzene rings is 2. The number of terminal acetylenes is 2. The molecule has 0 amide bonds. The van der Waals surface area contributed by atoms with Crippen LogP contribution in [0.25, 0.3) is 0 Å². The second-order valence-electron chi connectivity index (χ2n) is 5.51.